The Morgan fingerprint density at radius 1 is 1.21 bits per heavy atom. The van der Waals surface area contributed by atoms with Gasteiger partial charge in [-0.15, -0.1) is 0 Å². The maximum Gasteiger partial charge on any atom is 0.307 e. The van der Waals surface area contributed by atoms with Crippen LogP contribution in [0.1, 0.15) is 45.4 Å². The lowest BCUT2D eigenvalue weighted by Gasteiger charge is -2.31. The van der Waals surface area contributed by atoms with Crippen molar-refractivity contribution in [3.8, 4) is 0 Å². The molecular formula is C19H29NO4. The molecule has 0 aromatic carbocycles. The van der Waals surface area contributed by atoms with E-state index in [-0.39, 0.29) is 23.2 Å². The van der Waals surface area contributed by atoms with Gasteiger partial charge in [0.2, 0.25) is 5.91 Å². The maximum absolute atomic E-state index is 12.7. The van der Waals surface area contributed by atoms with Gasteiger partial charge in [0.05, 0.1) is 11.8 Å². The van der Waals surface area contributed by atoms with Crippen molar-refractivity contribution in [2.75, 3.05) is 19.8 Å². The standard InChI is InChI=1S/C19H29NO4/c1-2-24-10-9-19(7-3-4-8-19)12-20-17(21)15-13-5-6-14(11-13)16(15)18(22)23/h5-6,13-16H,2-4,7-12H2,1H3,(H,20,21)(H,22,23). The SMILES string of the molecule is CCOCCC1(CNC(=O)C2C3C=CC(C3)C2C(=O)O)CCCC1. The molecular weight excluding hydrogens is 306 g/mol. The van der Waals surface area contributed by atoms with Gasteiger partial charge >= 0.3 is 5.97 Å². The number of nitrogens with one attached hydrogen (secondary N) is 1. The van der Waals surface area contributed by atoms with Crippen LogP contribution >= 0.6 is 0 Å². The molecule has 3 rings (SSSR count). The van der Waals surface area contributed by atoms with Crippen LogP contribution in [0.3, 0.4) is 0 Å². The molecule has 0 heterocycles. The van der Waals surface area contributed by atoms with Crippen LogP contribution in [0.2, 0.25) is 0 Å². The lowest BCUT2D eigenvalue weighted by atomic mass is 9.80. The van der Waals surface area contributed by atoms with Gasteiger partial charge in [0.25, 0.3) is 0 Å². The van der Waals surface area contributed by atoms with E-state index >= 15 is 0 Å². The highest BCUT2D eigenvalue weighted by molar-refractivity contribution is 5.86. The van der Waals surface area contributed by atoms with Gasteiger partial charge in [-0.05, 0) is 49.9 Å². The van der Waals surface area contributed by atoms with Crippen molar-refractivity contribution in [2.45, 2.75) is 45.4 Å². The quantitative estimate of drug-likeness (QED) is 0.528. The highest BCUT2D eigenvalue weighted by Gasteiger charge is 2.51. The molecule has 2 saturated carbocycles. The predicted molar refractivity (Wildman–Crippen MR) is 90.4 cm³/mol. The minimum Gasteiger partial charge on any atom is -0.481 e. The van der Waals surface area contributed by atoms with Gasteiger partial charge in [-0.2, -0.15) is 0 Å². The highest BCUT2D eigenvalue weighted by Crippen LogP contribution is 2.48. The van der Waals surface area contributed by atoms with Crippen molar-refractivity contribution in [3.63, 3.8) is 0 Å². The molecule has 4 unspecified atom stereocenters. The number of carboxylic acids is 1. The topological polar surface area (TPSA) is 75.6 Å². The average Bonchev–Trinajstić information content (AvgIpc) is 3.28. The number of carbonyl (C=O) groups excluding carboxylic acids is 1. The smallest absolute Gasteiger partial charge is 0.307 e. The first kappa shape index (κ1) is 17.5. The number of allylic oxidation sites excluding steroid dienone is 2. The summed E-state index contributed by atoms with van der Waals surface area (Å²) in [4.78, 5) is 24.3. The number of fused-ring (bicyclic) bond motifs is 2. The van der Waals surface area contributed by atoms with E-state index in [2.05, 4.69) is 5.32 Å². The maximum atomic E-state index is 12.7. The van der Waals surface area contributed by atoms with Crippen molar-refractivity contribution >= 4 is 11.9 Å². The van der Waals surface area contributed by atoms with Crippen molar-refractivity contribution in [3.05, 3.63) is 12.2 Å². The molecule has 0 aromatic rings. The fourth-order valence-electron chi connectivity index (χ4n) is 4.98. The Balaban J connectivity index is 1.59. The van der Waals surface area contributed by atoms with Gasteiger partial charge < -0.3 is 15.2 Å². The van der Waals surface area contributed by atoms with Gasteiger partial charge in [0, 0.05) is 19.8 Å². The van der Waals surface area contributed by atoms with Crippen molar-refractivity contribution in [2.24, 2.45) is 29.1 Å². The number of amides is 1. The highest BCUT2D eigenvalue weighted by atomic mass is 16.5. The van der Waals surface area contributed by atoms with Gasteiger partial charge in [0.15, 0.2) is 0 Å². The number of ether oxygens (including phenoxy) is 1. The van der Waals surface area contributed by atoms with Crippen LogP contribution in [-0.4, -0.2) is 36.7 Å². The Hall–Kier alpha value is -1.36. The van der Waals surface area contributed by atoms with Crippen LogP contribution < -0.4 is 5.32 Å². The van der Waals surface area contributed by atoms with E-state index < -0.39 is 17.8 Å². The Morgan fingerprint density at radius 3 is 2.50 bits per heavy atom. The number of carboxylic acid groups (broad SMARTS) is 1. The summed E-state index contributed by atoms with van der Waals surface area (Å²) >= 11 is 0. The van der Waals surface area contributed by atoms with E-state index in [1.807, 2.05) is 19.1 Å². The Bertz CT molecular complexity index is 509. The zero-order valence-electron chi connectivity index (χ0n) is 14.5. The molecule has 2 N–H and O–H groups in total. The molecule has 0 aromatic heterocycles. The van der Waals surface area contributed by atoms with Gasteiger partial charge in [-0.1, -0.05) is 25.0 Å². The molecule has 24 heavy (non-hydrogen) atoms. The third-order valence-electron chi connectivity index (χ3n) is 6.33. The molecule has 0 saturated heterocycles. The Morgan fingerprint density at radius 2 is 1.88 bits per heavy atom. The molecule has 0 spiro atoms. The van der Waals surface area contributed by atoms with Gasteiger partial charge in [-0.3, -0.25) is 9.59 Å². The molecule has 4 atom stereocenters. The van der Waals surface area contributed by atoms with E-state index in [9.17, 15) is 14.7 Å². The third-order valence-corrected chi connectivity index (χ3v) is 6.33. The van der Waals surface area contributed by atoms with Crippen LogP contribution in [0.4, 0.5) is 0 Å². The second-order valence-corrected chi connectivity index (χ2v) is 7.71. The second-order valence-electron chi connectivity index (χ2n) is 7.71. The monoisotopic (exact) mass is 335 g/mol. The first-order valence-electron chi connectivity index (χ1n) is 9.33. The zero-order valence-corrected chi connectivity index (χ0v) is 14.5. The Kier molecular flexibility index (Phi) is 5.28. The summed E-state index contributed by atoms with van der Waals surface area (Å²) < 4.78 is 5.52. The van der Waals surface area contributed by atoms with E-state index in [4.69, 9.17) is 4.74 Å². The number of carbonyl (C=O) groups is 2. The lowest BCUT2D eigenvalue weighted by molar-refractivity contribution is -0.147. The average molecular weight is 335 g/mol. The van der Waals surface area contributed by atoms with Crippen LogP contribution in [0.25, 0.3) is 0 Å². The normalized spacial score (nSPS) is 33.0. The molecule has 1 amide bonds. The largest absolute Gasteiger partial charge is 0.481 e. The minimum atomic E-state index is -0.834. The Labute approximate surface area is 143 Å². The molecule has 0 aliphatic heterocycles. The summed E-state index contributed by atoms with van der Waals surface area (Å²) in [5.41, 5.74) is 0.136. The first-order chi connectivity index (χ1) is 11.6. The summed E-state index contributed by atoms with van der Waals surface area (Å²) in [6.07, 6.45) is 10.5. The lowest BCUT2D eigenvalue weighted by Crippen LogP contribution is -2.44. The summed E-state index contributed by atoms with van der Waals surface area (Å²) in [6, 6.07) is 0. The fraction of sp³-hybridized carbons (Fsp3) is 0.789. The van der Waals surface area contributed by atoms with Crippen LogP contribution in [-0.2, 0) is 14.3 Å². The molecule has 134 valence electrons. The zero-order chi connectivity index (χ0) is 17.2. The third kappa shape index (κ3) is 3.37. The molecule has 2 bridgehead atoms. The number of rotatable bonds is 8. The summed E-state index contributed by atoms with van der Waals surface area (Å²) in [5, 5.41) is 12.6. The van der Waals surface area contributed by atoms with Crippen molar-refractivity contribution in [1.82, 2.24) is 5.32 Å². The van der Waals surface area contributed by atoms with E-state index in [1.165, 1.54) is 12.8 Å². The van der Waals surface area contributed by atoms with Crippen LogP contribution in [0.15, 0.2) is 12.2 Å². The van der Waals surface area contributed by atoms with E-state index in [0.717, 1.165) is 38.9 Å². The summed E-state index contributed by atoms with van der Waals surface area (Å²) in [6.45, 7) is 4.11. The van der Waals surface area contributed by atoms with E-state index in [0.29, 0.717) is 6.54 Å². The molecule has 3 aliphatic rings. The summed E-state index contributed by atoms with van der Waals surface area (Å²) in [7, 11) is 0. The molecule has 0 radical (unpaired) electrons. The summed E-state index contributed by atoms with van der Waals surface area (Å²) in [5.74, 6) is -1.73. The van der Waals surface area contributed by atoms with Crippen molar-refractivity contribution in [1.29, 1.82) is 0 Å². The number of hydrogen-bond donors (Lipinski definition) is 2. The van der Waals surface area contributed by atoms with Gasteiger partial charge in [-0.25, -0.2) is 0 Å². The number of aliphatic carboxylic acids is 1. The van der Waals surface area contributed by atoms with Gasteiger partial charge in [0.1, 0.15) is 0 Å². The van der Waals surface area contributed by atoms with Crippen LogP contribution in [0, 0.1) is 29.1 Å². The number of hydrogen-bond acceptors (Lipinski definition) is 3. The second kappa shape index (κ2) is 7.26. The first-order valence-corrected chi connectivity index (χ1v) is 9.33. The minimum absolute atomic E-state index is 0.0293. The molecule has 2 fully saturated rings. The molecule has 5 heteroatoms. The van der Waals surface area contributed by atoms with E-state index in [1.54, 1.807) is 0 Å². The molecule has 5 nitrogen and oxygen atoms in total. The fourth-order valence-corrected chi connectivity index (χ4v) is 4.98. The van der Waals surface area contributed by atoms with Crippen LogP contribution in [0.5, 0.6) is 0 Å². The predicted octanol–water partition coefficient (Wildman–Crippen LogP) is 2.61. The molecule has 3 aliphatic carbocycles. The van der Waals surface area contributed by atoms with Crippen molar-refractivity contribution < 1.29 is 19.4 Å².